The molecule has 1 N–H and O–H groups in total. The summed E-state index contributed by atoms with van der Waals surface area (Å²) in [5.74, 6) is 0.657. The first-order valence-electron chi connectivity index (χ1n) is 8.91. The van der Waals surface area contributed by atoms with Crippen LogP contribution in [0.4, 0.5) is 5.88 Å². The second-order valence-corrected chi connectivity index (χ2v) is 7.43. The first-order chi connectivity index (χ1) is 13.9. The van der Waals surface area contributed by atoms with Gasteiger partial charge in [-0.3, -0.25) is 14.9 Å². The van der Waals surface area contributed by atoms with Crippen LogP contribution in [-0.2, 0) is 20.1 Å². The van der Waals surface area contributed by atoms with Crippen molar-refractivity contribution in [2.45, 2.75) is 26.5 Å². The van der Waals surface area contributed by atoms with Crippen LogP contribution < -0.4 is 5.32 Å². The van der Waals surface area contributed by atoms with Gasteiger partial charge in [0.2, 0.25) is 5.88 Å². The Bertz CT molecular complexity index is 974. The SMILES string of the molecule is Cc1ccc(-c2cc(NC(=O)COC(=O)CSCc3c(C)noc3C)on2)cc1. The summed E-state index contributed by atoms with van der Waals surface area (Å²) in [6.45, 7) is 5.27. The fourth-order valence-corrected chi connectivity index (χ4v) is 3.47. The van der Waals surface area contributed by atoms with E-state index in [0.29, 0.717) is 11.4 Å². The predicted octanol–water partition coefficient (Wildman–Crippen LogP) is 3.67. The monoisotopic (exact) mass is 415 g/mol. The number of rotatable bonds is 8. The number of esters is 1. The molecule has 0 spiro atoms. The Kier molecular flexibility index (Phi) is 6.71. The zero-order valence-electron chi connectivity index (χ0n) is 16.4. The number of amides is 1. The van der Waals surface area contributed by atoms with E-state index in [1.807, 2.05) is 45.0 Å². The molecule has 3 aromatic rings. The molecular weight excluding hydrogens is 394 g/mol. The molecule has 152 valence electrons. The van der Waals surface area contributed by atoms with Gasteiger partial charge in [0.25, 0.3) is 5.91 Å². The highest BCUT2D eigenvalue weighted by atomic mass is 32.2. The fraction of sp³-hybridized carbons (Fsp3) is 0.300. The maximum atomic E-state index is 12.0. The zero-order chi connectivity index (χ0) is 20.8. The topological polar surface area (TPSA) is 107 Å². The first-order valence-corrected chi connectivity index (χ1v) is 10.1. The Morgan fingerprint density at radius 1 is 1.10 bits per heavy atom. The highest BCUT2D eigenvalue weighted by Gasteiger charge is 2.13. The molecule has 29 heavy (non-hydrogen) atoms. The van der Waals surface area contributed by atoms with Gasteiger partial charge in [-0.1, -0.05) is 40.1 Å². The molecule has 0 aliphatic rings. The van der Waals surface area contributed by atoms with E-state index < -0.39 is 18.5 Å². The molecule has 2 heterocycles. The number of carbonyl (C=O) groups excluding carboxylic acids is 2. The standard InChI is InChI=1S/C20H21N3O5S/c1-12-4-6-15(7-5-12)17-8-19(28-23-17)21-18(24)9-26-20(25)11-29-10-16-13(2)22-27-14(16)3/h4-8H,9-11H2,1-3H3,(H,21,24). The average Bonchev–Trinajstić information content (AvgIpc) is 3.28. The smallest absolute Gasteiger partial charge is 0.316 e. The van der Waals surface area contributed by atoms with E-state index in [-0.39, 0.29) is 11.6 Å². The third-order valence-electron chi connectivity index (χ3n) is 4.13. The Morgan fingerprint density at radius 3 is 2.55 bits per heavy atom. The van der Waals surface area contributed by atoms with E-state index in [9.17, 15) is 9.59 Å². The number of hydrogen-bond acceptors (Lipinski definition) is 8. The molecule has 0 radical (unpaired) electrons. The molecule has 0 saturated heterocycles. The van der Waals surface area contributed by atoms with E-state index in [1.165, 1.54) is 11.8 Å². The number of anilines is 1. The van der Waals surface area contributed by atoms with Gasteiger partial charge in [0.15, 0.2) is 6.61 Å². The van der Waals surface area contributed by atoms with Gasteiger partial charge in [0.05, 0.1) is 11.4 Å². The average molecular weight is 415 g/mol. The van der Waals surface area contributed by atoms with Gasteiger partial charge in [-0.15, -0.1) is 11.8 Å². The molecule has 0 fully saturated rings. The number of ether oxygens (including phenoxy) is 1. The Labute approximate surface area is 172 Å². The quantitative estimate of drug-likeness (QED) is 0.555. The van der Waals surface area contributed by atoms with E-state index in [4.69, 9.17) is 13.8 Å². The number of benzene rings is 1. The second-order valence-electron chi connectivity index (χ2n) is 6.45. The van der Waals surface area contributed by atoms with Gasteiger partial charge in [0, 0.05) is 22.9 Å². The Morgan fingerprint density at radius 2 is 1.86 bits per heavy atom. The van der Waals surface area contributed by atoms with Crippen LogP contribution in [0.25, 0.3) is 11.3 Å². The lowest BCUT2D eigenvalue weighted by atomic mass is 10.1. The summed E-state index contributed by atoms with van der Waals surface area (Å²) >= 11 is 1.37. The van der Waals surface area contributed by atoms with Crippen molar-refractivity contribution in [3.8, 4) is 11.3 Å². The van der Waals surface area contributed by atoms with Crippen LogP contribution in [0.15, 0.2) is 39.4 Å². The summed E-state index contributed by atoms with van der Waals surface area (Å²) < 4.78 is 15.2. The van der Waals surface area contributed by atoms with Crippen molar-refractivity contribution in [2.24, 2.45) is 0 Å². The molecule has 3 rings (SSSR count). The van der Waals surface area contributed by atoms with Crippen molar-refractivity contribution in [3.05, 3.63) is 52.9 Å². The first kappa shape index (κ1) is 20.7. The van der Waals surface area contributed by atoms with E-state index in [0.717, 1.165) is 28.1 Å². The van der Waals surface area contributed by atoms with Gasteiger partial charge in [-0.25, -0.2) is 0 Å². The normalized spacial score (nSPS) is 10.7. The molecule has 1 amide bonds. The minimum Gasteiger partial charge on any atom is -0.455 e. The van der Waals surface area contributed by atoms with Crippen LogP contribution >= 0.6 is 11.8 Å². The fourth-order valence-electron chi connectivity index (χ4n) is 2.50. The number of hydrogen-bond donors (Lipinski definition) is 1. The van der Waals surface area contributed by atoms with E-state index in [1.54, 1.807) is 6.07 Å². The van der Waals surface area contributed by atoms with Crippen molar-refractivity contribution < 1.29 is 23.4 Å². The van der Waals surface area contributed by atoms with Gasteiger partial charge in [-0.2, -0.15) is 0 Å². The number of thioether (sulfide) groups is 1. The van der Waals surface area contributed by atoms with Crippen molar-refractivity contribution in [3.63, 3.8) is 0 Å². The lowest BCUT2D eigenvalue weighted by molar-refractivity contribution is -0.144. The van der Waals surface area contributed by atoms with Crippen molar-refractivity contribution in [1.29, 1.82) is 0 Å². The zero-order valence-corrected chi connectivity index (χ0v) is 17.2. The second kappa shape index (κ2) is 9.42. The lowest BCUT2D eigenvalue weighted by Crippen LogP contribution is -2.21. The molecule has 2 aromatic heterocycles. The molecule has 8 nitrogen and oxygen atoms in total. The summed E-state index contributed by atoms with van der Waals surface area (Å²) in [5, 5.41) is 10.3. The molecule has 0 bridgehead atoms. The predicted molar refractivity (Wildman–Crippen MR) is 108 cm³/mol. The third-order valence-corrected chi connectivity index (χ3v) is 5.06. The van der Waals surface area contributed by atoms with E-state index >= 15 is 0 Å². The number of aromatic nitrogens is 2. The molecule has 0 aliphatic heterocycles. The summed E-state index contributed by atoms with van der Waals surface area (Å²) in [4.78, 5) is 23.8. The van der Waals surface area contributed by atoms with Crippen LogP contribution in [0.2, 0.25) is 0 Å². The minimum absolute atomic E-state index is 0.122. The maximum absolute atomic E-state index is 12.0. The van der Waals surface area contributed by atoms with Crippen LogP contribution in [-0.4, -0.2) is 34.5 Å². The molecule has 0 unspecified atom stereocenters. The number of nitrogens with zero attached hydrogens (tertiary/aromatic N) is 2. The summed E-state index contributed by atoms with van der Waals surface area (Å²) in [7, 11) is 0. The molecular formula is C20H21N3O5S. The summed E-state index contributed by atoms with van der Waals surface area (Å²) in [6.07, 6.45) is 0. The summed E-state index contributed by atoms with van der Waals surface area (Å²) in [5.41, 5.74) is 4.39. The van der Waals surface area contributed by atoms with Gasteiger partial charge < -0.3 is 13.8 Å². The third kappa shape index (κ3) is 5.71. The highest BCUT2D eigenvalue weighted by molar-refractivity contribution is 7.99. The van der Waals surface area contributed by atoms with Gasteiger partial charge >= 0.3 is 5.97 Å². The van der Waals surface area contributed by atoms with Crippen LogP contribution in [0, 0.1) is 20.8 Å². The number of nitrogens with one attached hydrogen (secondary N) is 1. The maximum Gasteiger partial charge on any atom is 0.316 e. The van der Waals surface area contributed by atoms with Crippen LogP contribution in [0.5, 0.6) is 0 Å². The largest absolute Gasteiger partial charge is 0.455 e. The van der Waals surface area contributed by atoms with Crippen LogP contribution in [0.3, 0.4) is 0 Å². The molecule has 0 atom stereocenters. The van der Waals surface area contributed by atoms with E-state index in [2.05, 4.69) is 15.6 Å². The lowest BCUT2D eigenvalue weighted by Gasteiger charge is -2.04. The van der Waals surface area contributed by atoms with Gasteiger partial charge in [0.1, 0.15) is 11.5 Å². The van der Waals surface area contributed by atoms with Crippen molar-refractivity contribution in [2.75, 3.05) is 17.7 Å². The molecule has 9 heteroatoms. The molecule has 0 aliphatic carbocycles. The molecule has 1 aromatic carbocycles. The summed E-state index contributed by atoms with van der Waals surface area (Å²) in [6, 6.07) is 9.38. The Balaban J connectivity index is 1.40. The number of aryl methyl sites for hydroxylation is 3. The Hall–Kier alpha value is -3.07. The van der Waals surface area contributed by atoms with Crippen molar-refractivity contribution in [1.82, 2.24) is 10.3 Å². The molecule has 0 saturated carbocycles. The van der Waals surface area contributed by atoms with Gasteiger partial charge in [-0.05, 0) is 20.8 Å². The van der Waals surface area contributed by atoms with Crippen LogP contribution in [0.1, 0.15) is 22.6 Å². The van der Waals surface area contributed by atoms with Crippen molar-refractivity contribution >= 4 is 29.5 Å². The highest BCUT2D eigenvalue weighted by Crippen LogP contribution is 2.22. The number of carbonyl (C=O) groups is 2. The minimum atomic E-state index is -0.499.